The summed E-state index contributed by atoms with van der Waals surface area (Å²) < 4.78 is 5.06. The fraction of sp³-hybridized carbons (Fsp3) is 0. The Hall–Kier alpha value is -4.40. The maximum atomic E-state index is 2.39. The zero-order valence-corrected chi connectivity index (χ0v) is 20.3. The monoisotopic (exact) mass is 475 g/mol. The Bertz CT molecular complexity index is 2090. The first kappa shape index (κ1) is 19.9. The minimum atomic E-state index is 1.19. The van der Waals surface area contributed by atoms with Crippen LogP contribution in [0.2, 0.25) is 0 Å². The van der Waals surface area contributed by atoms with Crippen LogP contribution in [-0.2, 0) is 0 Å². The van der Waals surface area contributed by atoms with Crippen molar-refractivity contribution in [1.29, 1.82) is 0 Å². The SMILES string of the molecule is c1ccc(-n2c3ccccc3c3cc(-c4ccc5sc6ccc7ccccc7c6c5c4)ccc32)cc1. The molecule has 0 amide bonds. The quantitative estimate of drug-likeness (QED) is 0.234. The maximum Gasteiger partial charge on any atom is 0.0541 e. The molecule has 0 saturated heterocycles. The summed E-state index contributed by atoms with van der Waals surface area (Å²) >= 11 is 1.88. The third-order valence-corrected chi connectivity index (χ3v) is 8.52. The molecule has 0 atom stereocenters. The molecule has 2 heterocycles. The Morgan fingerprint density at radius 3 is 2.00 bits per heavy atom. The summed E-state index contributed by atoms with van der Waals surface area (Å²) in [6.45, 7) is 0. The first-order valence-electron chi connectivity index (χ1n) is 12.3. The van der Waals surface area contributed by atoms with Gasteiger partial charge in [0.15, 0.2) is 0 Å². The van der Waals surface area contributed by atoms with Gasteiger partial charge >= 0.3 is 0 Å². The van der Waals surface area contributed by atoms with Crippen LogP contribution in [0.4, 0.5) is 0 Å². The van der Waals surface area contributed by atoms with Gasteiger partial charge in [-0.25, -0.2) is 0 Å². The first-order chi connectivity index (χ1) is 17.8. The highest BCUT2D eigenvalue weighted by molar-refractivity contribution is 7.26. The molecule has 0 aliphatic rings. The molecule has 8 rings (SSSR count). The van der Waals surface area contributed by atoms with E-state index in [-0.39, 0.29) is 0 Å². The van der Waals surface area contributed by atoms with Crippen LogP contribution in [0.15, 0.2) is 127 Å². The van der Waals surface area contributed by atoms with Gasteiger partial charge in [-0.05, 0) is 70.4 Å². The molecule has 0 unspecified atom stereocenters. The van der Waals surface area contributed by atoms with Crippen molar-refractivity contribution in [1.82, 2.24) is 4.57 Å². The Labute approximate surface area is 212 Å². The Morgan fingerprint density at radius 1 is 0.444 bits per heavy atom. The molecule has 0 spiro atoms. The molecule has 0 fully saturated rings. The molecule has 0 saturated carbocycles. The molecular weight excluding hydrogens is 454 g/mol. The van der Waals surface area contributed by atoms with E-state index in [2.05, 4.69) is 132 Å². The summed E-state index contributed by atoms with van der Waals surface area (Å²) in [6, 6.07) is 46.5. The van der Waals surface area contributed by atoms with E-state index < -0.39 is 0 Å². The normalized spacial score (nSPS) is 11.9. The van der Waals surface area contributed by atoms with E-state index >= 15 is 0 Å². The van der Waals surface area contributed by atoms with E-state index in [1.165, 1.54) is 69.6 Å². The van der Waals surface area contributed by atoms with E-state index in [0.29, 0.717) is 0 Å². The number of benzene rings is 6. The van der Waals surface area contributed by atoms with Crippen molar-refractivity contribution < 1.29 is 0 Å². The van der Waals surface area contributed by atoms with Crippen molar-refractivity contribution in [3.63, 3.8) is 0 Å². The first-order valence-corrected chi connectivity index (χ1v) is 13.1. The number of hydrogen-bond acceptors (Lipinski definition) is 1. The third kappa shape index (κ3) is 2.82. The number of fused-ring (bicyclic) bond motifs is 8. The highest BCUT2D eigenvalue weighted by atomic mass is 32.1. The molecule has 36 heavy (non-hydrogen) atoms. The standard InChI is InChI=1S/C34H21NS/c1-2-9-25(10-3-1)35-30-13-7-6-12-27(30)28-20-23(14-17-31(28)35)24-16-18-32-29(21-24)34-26-11-5-4-8-22(26)15-19-33(34)36-32/h1-21H. The van der Waals surface area contributed by atoms with Crippen LogP contribution in [0.1, 0.15) is 0 Å². The van der Waals surface area contributed by atoms with Crippen LogP contribution >= 0.6 is 11.3 Å². The van der Waals surface area contributed by atoms with Gasteiger partial charge < -0.3 is 4.57 Å². The number of thiophene rings is 1. The largest absolute Gasteiger partial charge is 0.309 e. The average molecular weight is 476 g/mol. The molecule has 0 bridgehead atoms. The molecule has 0 aliphatic heterocycles. The summed E-state index contributed by atoms with van der Waals surface area (Å²) in [6.07, 6.45) is 0. The van der Waals surface area contributed by atoms with Crippen molar-refractivity contribution in [2.45, 2.75) is 0 Å². The fourth-order valence-corrected chi connectivity index (χ4v) is 6.84. The van der Waals surface area contributed by atoms with Crippen molar-refractivity contribution in [3.05, 3.63) is 127 Å². The summed E-state index contributed by atoms with van der Waals surface area (Å²) in [5, 5.41) is 7.91. The number of para-hydroxylation sites is 2. The van der Waals surface area contributed by atoms with Gasteiger partial charge in [-0.15, -0.1) is 11.3 Å². The van der Waals surface area contributed by atoms with Crippen LogP contribution in [0, 0.1) is 0 Å². The molecule has 0 N–H and O–H groups in total. The molecule has 2 heteroatoms. The van der Waals surface area contributed by atoms with Crippen molar-refractivity contribution in [3.8, 4) is 16.8 Å². The lowest BCUT2D eigenvalue weighted by Crippen LogP contribution is -1.92. The van der Waals surface area contributed by atoms with Crippen LogP contribution in [0.3, 0.4) is 0 Å². The van der Waals surface area contributed by atoms with Crippen LogP contribution in [-0.4, -0.2) is 4.57 Å². The number of nitrogens with zero attached hydrogens (tertiary/aromatic N) is 1. The second-order valence-corrected chi connectivity index (χ2v) is 10.5. The molecule has 0 radical (unpaired) electrons. The summed E-state index contributed by atoms with van der Waals surface area (Å²) in [4.78, 5) is 0. The zero-order chi connectivity index (χ0) is 23.6. The molecule has 1 nitrogen and oxygen atoms in total. The molecular formula is C34H21NS. The van der Waals surface area contributed by atoms with E-state index in [1.807, 2.05) is 11.3 Å². The molecule has 168 valence electrons. The van der Waals surface area contributed by atoms with Gasteiger partial charge in [0, 0.05) is 36.6 Å². The van der Waals surface area contributed by atoms with Crippen molar-refractivity contribution in [2.75, 3.05) is 0 Å². The second kappa shape index (κ2) is 7.55. The Balaban J connectivity index is 1.39. The number of hydrogen-bond donors (Lipinski definition) is 0. The summed E-state index contributed by atoms with van der Waals surface area (Å²) in [7, 11) is 0. The average Bonchev–Trinajstić information content (AvgIpc) is 3.48. The van der Waals surface area contributed by atoms with Gasteiger partial charge in [0.25, 0.3) is 0 Å². The number of rotatable bonds is 2. The van der Waals surface area contributed by atoms with Crippen molar-refractivity contribution >= 4 is 64.1 Å². The van der Waals surface area contributed by atoms with Crippen molar-refractivity contribution in [2.24, 2.45) is 0 Å². The molecule has 0 aliphatic carbocycles. The van der Waals surface area contributed by atoms with E-state index in [9.17, 15) is 0 Å². The van der Waals surface area contributed by atoms with Crippen LogP contribution < -0.4 is 0 Å². The van der Waals surface area contributed by atoms with E-state index in [0.717, 1.165) is 0 Å². The molecule has 8 aromatic rings. The Morgan fingerprint density at radius 2 is 1.11 bits per heavy atom. The van der Waals surface area contributed by atoms with Crippen LogP contribution in [0.5, 0.6) is 0 Å². The van der Waals surface area contributed by atoms with Crippen LogP contribution in [0.25, 0.3) is 69.6 Å². The smallest absolute Gasteiger partial charge is 0.0541 e. The zero-order valence-electron chi connectivity index (χ0n) is 19.5. The predicted octanol–water partition coefficient (Wildman–Crippen LogP) is 9.97. The molecule has 6 aromatic carbocycles. The molecule has 2 aromatic heterocycles. The van der Waals surface area contributed by atoms with Gasteiger partial charge in [0.1, 0.15) is 0 Å². The lowest BCUT2D eigenvalue weighted by molar-refractivity contribution is 1.18. The summed E-state index contributed by atoms with van der Waals surface area (Å²) in [5.74, 6) is 0. The van der Waals surface area contributed by atoms with E-state index in [4.69, 9.17) is 0 Å². The van der Waals surface area contributed by atoms with Gasteiger partial charge in [-0.1, -0.05) is 78.9 Å². The van der Waals surface area contributed by atoms with E-state index in [1.54, 1.807) is 0 Å². The van der Waals surface area contributed by atoms with Gasteiger partial charge in [0.05, 0.1) is 11.0 Å². The lowest BCUT2D eigenvalue weighted by Gasteiger charge is -2.08. The third-order valence-electron chi connectivity index (χ3n) is 7.38. The lowest BCUT2D eigenvalue weighted by atomic mass is 9.99. The minimum Gasteiger partial charge on any atom is -0.309 e. The topological polar surface area (TPSA) is 4.93 Å². The highest BCUT2D eigenvalue weighted by Crippen LogP contribution is 2.41. The van der Waals surface area contributed by atoms with Gasteiger partial charge in [-0.3, -0.25) is 0 Å². The van der Waals surface area contributed by atoms with Gasteiger partial charge in [0.2, 0.25) is 0 Å². The Kier molecular flexibility index (Phi) is 4.16. The fourth-order valence-electron chi connectivity index (χ4n) is 5.73. The second-order valence-electron chi connectivity index (χ2n) is 9.39. The number of aromatic nitrogens is 1. The summed E-state index contributed by atoms with van der Waals surface area (Å²) in [5.41, 5.74) is 6.17. The highest BCUT2D eigenvalue weighted by Gasteiger charge is 2.14. The minimum absolute atomic E-state index is 1.19. The van der Waals surface area contributed by atoms with Gasteiger partial charge in [-0.2, -0.15) is 0 Å². The predicted molar refractivity (Wildman–Crippen MR) is 157 cm³/mol. The maximum absolute atomic E-state index is 2.39.